The fourth-order valence-corrected chi connectivity index (χ4v) is 1.73. The van der Waals surface area contributed by atoms with Crippen LogP contribution in [-0.4, -0.2) is 16.3 Å². The van der Waals surface area contributed by atoms with E-state index in [-0.39, 0.29) is 11.9 Å². The number of hydrogen-bond donors (Lipinski definition) is 1. The van der Waals surface area contributed by atoms with E-state index in [0.717, 1.165) is 5.69 Å². The van der Waals surface area contributed by atoms with Crippen molar-refractivity contribution < 1.29 is 4.39 Å². The molecule has 2 aromatic rings. The maximum absolute atomic E-state index is 13.6. The Hall–Kier alpha value is -1.68. The van der Waals surface area contributed by atoms with Gasteiger partial charge in [-0.15, -0.1) is 0 Å². The summed E-state index contributed by atoms with van der Waals surface area (Å²) in [6.45, 7) is 2.22. The van der Waals surface area contributed by atoms with Crippen molar-refractivity contribution in [1.29, 1.82) is 0 Å². The molecule has 1 atom stereocenters. The summed E-state index contributed by atoms with van der Waals surface area (Å²) in [6, 6.07) is 8.29. The summed E-state index contributed by atoms with van der Waals surface area (Å²) in [6.07, 6.45) is 1.82. The molecule has 0 radical (unpaired) electrons. The van der Waals surface area contributed by atoms with Crippen molar-refractivity contribution in [3.63, 3.8) is 0 Å². The van der Waals surface area contributed by atoms with Gasteiger partial charge in [0.1, 0.15) is 5.82 Å². The fourth-order valence-electron chi connectivity index (χ4n) is 1.73. The first kappa shape index (κ1) is 10.8. The molecule has 0 aliphatic carbocycles. The van der Waals surface area contributed by atoms with Gasteiger partial charge in [0.05, 0.1) is 11.7 Å². The number of nitrogens with two attached hydrogens (primary N) is 1. The van der Waals surface area contributed by atoms with Crippen LogP contribution in [0.3, 0.4) is 0 Å². The normalized spacial score (nSPS) is 12.7. The summed E-state index contributed by atoms with van der Waals surface area (Å²) in [5.74, 6) is -0.244. The third-order valence-corrected chi connectivity index (χ3v) is 2.55. The Morgan fingerprint density at radius 3 is 2.69 bits per heavy atom. The van der Waals surface area contributed by atoms with Crippen LogP contribution in [0.1, 0.15) is 17.3 Å². The highest BCUT2D eigenvalue weighted by Gasteiger charge is 2.16. The largest absolute Gasteiger partial charge is 0.328 e. The molecule has 0 saturated carbocycles. The molecule has 1 heterocycles. The zero-order valence-corrected chi connectivity index (χ0v) is 9.10. The Balaban J connectivity index is 2.40. The lowest BCUT2D eigenvalue weighted by atomic mass is 10.1. The molecule has 2 rings (SSSR count). The van der Waals surface area contributed by atoms with Gasteiger partial charge >= 0.3 is 0 Å². The number of halogens is 1. The van der Waals surface area contributed by atoms with Crippen LogP contribution in [-0.2, 0) is 0 Å². The fraction of sp³-hybridized carbons (Fsp3) is 0.250. The predicted octanol–water partition coefficient (Wildman–Crippen LogP) is 1.88. The van der Waals surface area contributed by atoms with Gasteiger partial charge in [-0.05, 0) is 19.1 Å². The Bertz CT molecular complexity index is 479. The maximum atomic E-state index is 13.6. The van der Waals surface area contributed by atoms with Crippen LogP contribution < -0.4 is 5.73 Å². The van der Waals surface area contributed by atoms with Crippen molar-refractivity contribution in [3.05, 3.63) is 53.6 Å². The SMILES string of the molecule is Cc1ccn(C(CN)c2ccccc2F)n1. The molecule has 4 heteroatoms. The summed E-state index contributed by atoms with van der Waals surface area (Å²) in [7, 11) is 0. The smallest absolute Gasteiger partial charge is 0.128 e. The molecule has 84 valence electrons. The van der Waals surface area contributed by atoms with Crippen molar-refractivity contribution in [2.24, 2.45) is 5.73 Å². The molecule has 3 nitrogen and oxygen atoms in total. The monoisotopic (exact) mass is 219 g/mol. The van der Waals surface area contributed by atoms with E-state index in [2.05, 4.69) is 5.10 Å². The Morgan fingerprint density at radius 1 is 1.38 bits per heavy atom. The van der Waals surface area contributed by atoms with Crippen molar-refractivity contribution >= 4 is 0 Å². The van der Waals surface area contributed by atoms with Gasteiger partial charge in [-0.2, -0.15) is 5.10 Å². The highest BCUT2D eigenvalue weighted by molar-refractivity contribution is 5.22. The van der Waals surface area contributed by atoms with Gasteiger partial charge in [0.15, 0.2) is 0 Å². The molecule has 0 bridgehead atoms. The standard InChI is InChI=1S/C12H14FN3/c1-9-6-7-16(15-9)12(8-14)10-4-2-3-5-11(10)13/h2-7,12H,8,14H2,1H3. The third-order valence-electron chi connectivity index (χ3n) is 2.55. The average Bonchev–Trinajstić information content (AvgIpc) is 2.69. The molecule has 2 N–H and O–H groups in total. The molecule has 0 fully saturated rings. The summed E-state index contributed by atoms with van der Waals surface area (Å²) < 4.78 is 15.3. The number of aromatic nitrogens is 2. The van der Waals surface area contributed by atoms with Crippen LogP contribution >= 0.6 is 0 Å². The molecule has 1 aromatic carbocycles. The minimum absolute atomic E-state index is 0.241. The highest BCUT2D eigenvalue weighted by atomic mass is 19.1. The van der Waals surface area contributed by atoms with Crippen molar-refractivity contribution in [2.75, 3.05) is 6.54 Å². The van der Waals surface area contributed by atoms with Crippen LogP contribution in [0.4, 0.5) is 4.39 Å². The van der Waals surface area contributed by atoms with E-state index < -0.39 is 0 Å². The van der Waals surface area contributed by atoms with Gasteiger partial charge in [-0.25, -0.2) is 4.39 Å². The van der Waals surface area contributed by atoms with Crippen LogP contribution in [0, 0.1) is 12.7 Å². The zero-order chi connectivity index (χ0) is 11.5. The Labute approximate surface area is 93.7 Å². The molecule has 0 aliphatic rings. The van der Waals surface area contributed by atoms with E-state index in [4.69, 9.17) is 5.73 Å². The molecule has 0 spiro atoms. The predicted molar refractivity (Wildman–Crippen MR) is 60.6 cm³/mol. The van der Waals surface area contributed by atoms with Gasteiger partial charge < -0.3 is 5.73 Å². The van der Waals surface area contributed by atoms with Crippen molar-refractivity contribution in [1.82, 2.24) is 9.78 Å². The molecular formula is C12H14FN3. The van der Waals surface area contributed by atoms with Crippen LogP contribution in [0.5, 0.6) is 0 Å². The summed E-state index contributed by atoms with van der Waals surface area (Å²) in [4.78, 5) is 0. The maximum Gasteiger partial charge on any atom is 0.128 e. The van der Waals surface area contributed by atoms with Crippen LogP contribution in [0.25, 0.3) is 0 Å². The number of rotatable bonds is 3. The van der Waals surface area contributed by atoms with Gasteiger partial charge in [-0.1, -0.05) is 18.2 Å². The lowest BCUT2D eigenvalue weighted by Gasteiger charge is -2.16. The summed E-state index contributed by atoms with van der Waals surface area (Å²) in [5, 5.41) is 4.27. The lowest BCUT2D eigenvalue weighted by molar-refractivity contribution is 0.496. The van der Waals surface area contributed by atoms with Gasteiger partial charge in [0.25, 0.3) is 0 Å². The van der Waals surface area contributed by atoms with Crippen molar-refractivity contribution in [2.45, 2.75) is 13.0 Å². The zero-order valence-electron chi connectivity index (χ0n) is 9.10. The second kappa shape index (κ2) is 4.45. The number of aryl methyl sites for hydroxylation is 1. The van der Waals surface area contributed by atoms with Crippen LogP contribution in [0.15, 0.2) is 36.5 Å². The quantitative estimate of drug-likeness (QED) is 0.856. The summed E-state index contributed by atoms with van der Waals surface area (Å²) in [5.41, 5.74) is 7.16. The minimum Gasteiger partial charge on any atom is -0.328 e. The first-order chi connectivity index (χ1) is 7.72. The third kappa shape index (κ3) is 1.97. The van der Waals surface area contributed by atoms with E-state index in [1.54, 1.807) is 22.9 Å². The first-order valence-electron chi connectivity index (χ1n) is 5.18. The molecule has 0 aliphatic heterocycles. The Kier molecular flexibility index (Phi) is 3.01. The van der Waals surface area contributed by atoms with Crippen LogP contribution in [0.2, 0.25) is 0 Å². The van der Waals surface area contributed by atoms with Gasteiger partial charge in [0, 0.05) is 18.3 Å². The van der Waals surface area contributed by atoms with E-state index in [1.165, 1.54) is 6.07 Å². The summed E-state index contributed by atoms with van der Waals surface area (Å²) >= 11 is 0. The van der Waals surface area contributed by atoms with Crippen molar-refractivity contribution in [3.8, 4) is 0 Å². The molecule has 1 unspecified atom stereocenters. The Morgan fingerprint density at radius 2 is 2.12 bits per heavy atom. The molecular weight excluding hydrogens is 205 g/mol. The molecule has 1 aromatic heterocycles. The molecule has 16 heavy (non-hydrogen) atoms. The number of benzene rings is 1. The number of hydrogen-bond acceptors (Lipinski definition) is 2. The van der Waals surface area contributed by atoms with E-state index >= 15 is 0 Å². The molecule has 0 saturated heterocycles. The molecule has 0 amide bonds. The highest BCUT2D eigenvalue weighted by Crippen LogP contribution is 2.19. The number of nitrogens with zero attached hydrogens (tertiary/aromatic N) is 2. The van der Waals surface area contributed by atoms with E-state index in [0.29, 0.717) is 12.1 Å². The average molecular weight is 219 g/mol. The minimum atomic E-state index is -0.244. The van der Waals surface area contributed by atoms with E-state index in [1.807, 2.05) is 19.2 Å². The first-order valence-corrected chi connectivity index (χ1v) is 5.18. The lowest BCUT2D eigenvalue weighted by Crippen LogP contribution is -2.22. The van der Waals surface area contributed by atoms with Gasteiger partial charge in [-0.3, -0.25) is 4.68 Å². The van der Waals surface area contributed by atoms with E-state index in [9.17, 15) is 4.39 Å². The van der Waals surface area contributed by atoms with Gasteiger partial charge in [0.2, 0.25) is 0 Å². The second-order valence-electron chi connectivity index (χ2n) is 3.71. The second-order valence-corrected chi connectivity index (χ2v) is 3.71. The topological polar surface area (TPSA) is 43.8 Å².